The van der Waals surface area contributed by atoms with E-state index in [4.69, 9.17) is 9.47 Å². The fourth-order valence-electron chi connectivity index (χ4n) is 2.33. The van der Waals surface area contributed by atoms with Crippen molar-refractivity contribution < 1.29 is 14.3 Å². The summed E-state index contributed by atoms with van der Waals surface area (Å²) in [7, 11) is 1.66. The van der Waals surface area contributed by atoms with Crippen molar-refractivity contribution in [3.05, 3.63) is 29.8 Å². The summed E-state index contributed by atoms with van der Waals surface area (Å²) in [5.41, 5.74) is 0.966. The molecule has 18 heavy (non-hydrogen) atoms. The van der Waals surface area contributed by atoms with E-state index in [9.17, 15) is 4.79 Å². The summed E-state index contributed by atoms with van der Waals surface area (Å²) in [5, 5.41) is 0. The molecule has 1 aromatic carbocycles. The number of hydrogen-bond acceptors (Lipinski definition) is 3. The van der Waals surface area contributed by atoms with Gasteiger partial charge in [0.15, 0.2) is 0 Å². The van der Waals surface area contributed by atoms with Gasteiger partial charge in [0, 0.05) is 12.8 Å². The Morgan fingerprint density at radius 3 is 2.67 bits per heavy atom. The summed E-state index contributed by atoms with van der Waals surface area (Å²) in [5.74, 6) is 1.19. The van der Waals surface area contributed by atoms with Gasteiger partial charge >= 0.3 is 0 Å². The van der Waals surface area contributed by atoms with Crippen molar-refractivity contribution in [3.63, 3.8) is 0 Å². The maximum absolute atomic E-state index is 11.5. The molecule has 1 saturated heterocycles. The summed E-state index contributed by atoms with van der Waals surface area (Å²) < 4.78 is 10.9. The van der Waals surface area contributed by atoms with Gasteiger partial charge in [-0.15, -0.1) is 0 Å². The maximum Gasteiger partial charge on any atom is 0.138 e. The smallest absolute Gasteiger partial charge is 0.138 e. The first-order valence-electron chi connectivity index (χ1n) is 6.40. The third-order valence-electron chi connectivity index (χ3n) is 3.50. The van der Waals surface area contributed by atoms with E-state index in [1.807, 2.05) is 19.1 Å². The minimum atomic E-state index is -0.282. The Balaban J connectivity index is 1.91. The second kappa shape index (κ2) is 5.53. The molecule has 1 heterocycles. The molecule has 1 atom stereocenters. The summed E-state index contributed by atoms with van der Waals surface area (Å²) >= 11 is 0. The van der Waals surface area contributed by atoms with Gasteiger partial charge in [0.2, 0.25) is 0 Å². The Bertz CT molecular complexity index is 410. The van der Waals surface area contributed by atoms with E-state index in [1.165, 1.54) is 5.56 Å². The molecule has 0 amide bonds. The molecule has 3 nitrogen and oxygen atoms in total. The van der Waals surface area contributed by atoms with Gasteiger partial charge in [-0.05, 0) is 37.5 Å². The van der Waals surface area contributed by atoms with Crippen molar-refractivity contribution in [1.29, 1.82) is 0 Å². The lowest BCUT2D eigenvalue weighted by molar-refractivity contribution is -0.138. The van der Waals surface area contributed by atoms with Gasteiger partial charge in [-0.2, -0.15) is 0 Å². The second-order valence-corrected chi connectivity index (χ2v) is 5.11. The second-order valence-electron chi connectivity index (χ2n) is 5.11. The molecule has 1 aliphatic rings. The van der Waals surface area contributed by atoms with Crippen molar-refractivity contribution in [2.75, 3.05) is 13.7 Å². The zero-order valence-electron chi connectivity index (χ0n) is 11.1. The minimum Gasteiger partial charge on any atom is -0.497 e. The average molecular weight is 248 g/mol. The molecule has 2 rings (SSSR count). The van der Waals surface area contributed by atoms with Gasteiger partial charge in [0.1, 0.15) is 11.5 Å². The third-order valence-corrected chi connectivity index (χ3v) is 3.50. The molecule has 1 fully saturated rings. The maximum atomic E-state index is 11.5. The Hall–Kier alpha value is -1.35. The zero-order chi connectivity index (χ0) is 13.0. The summed E-state index contributed by atoms with van der Waals surface area (Å²) in [6, 6.07) is 8.05. The van der Waals surface area contributed by atoms with Crippen LogP contribution in [0.25, 0.3) is 0 Å². The molecule has 3 heteroatoms. The molecular weight excluding hydrogens is 228 g/mol. The number of hydrogen-bond donors (Lipinski definition) is 0. The van der Waals surface area contributed by atoms with Crippen LogP contribution in [0, 0.1) is 0 Å². The van der Waals surface area contributed by atoms with Crippen LogP contribution in [0.5, 0.6) is 5.75 Å². The van der Waals surface area contributed by atoms with Gasteiger partial charge in [-0.3, -0.25) is 4.79 Å². The average Bonchev–Trinajstić information content (AvgIpc) is 2.37. The molecule has 1 aliphatic heterocycles. The van der Waals surface area contributed by atoms with E-state index in [1.54, 1.807) is 7.11 Å². The van der Waals surface area contributed by atoms with Crippen LogP contribution in [0.4, 0.5) is 0 Å². The van der Waals surface area contributed by atoms with Crippen molar-refractivity contribution in [1.82, 2.24) is 0 Å². The van der Waals surface area contributed by atoms with Crippen molar-refractivity contribution in [2.45, 2.75) is 38.2 Å². The van der Waals surface area contributed by atoms with Crippen LogP contribution >= 0.6 is 0 Å². The van der Waals surface area contributed by atoms with Crippen LogP contribution in [-0.2, 0) is 16.0 Å². The first-order chi connectivity index (χ1) is 8.61. The summed E-state index contributed by atoms with van der Waals surface area (Å²) in [4.78, 5) is 11.5. The van der Waals surface area contributed by atoms with Crippen LogP contribution in [0.2, 0.25) is 0 Å². The van der Waals surface area contributed by atoms with E-state index in [-0.39, 0.29) is 5.60 Å². The molecule has 0 radical (unpaired) electrons. The fourth-order valence-corrected chi connectivity index (χ4v) is 2.33. The molecular formula is C15H20O3. The fraction of sp³-hybridized carbons (Fsp3) is 0.533. The Morgan fingerprint density at radius 1 is 1.33 bits per heavy atom. The van der Waals surface area contributed by atoms with Crippen molar-refractivity contribution in [2.24, 2.45) is 0 Å². The van der Waals surface area contributed by atoms with E-state index >= 15 is 0 Å². The highest BCUT2D eigenvalue weighted by molar-refractivity contribution is 5.80. The lowest BCUT2D eigenvalue weighted by Crippen LogP contribution is -2.37. The summed E-state index contributed by atoms with van der Waals surface area (Å²) in [6.07, 6.45) is 2.92. The number of carbonyl (C=O) groups is 1. The molecule has 1 unspecified atom stereocenters. The number of aryl methyl sites for hydroxylation is 1. The molecule has 1 aromatic rings. The molecule has 98 valence electrons. The van der Waals surface area contributed by atoms with Gasteiger partial charge in [0.25, 0.3) is 0 Å². The highest BCUT2D eigenvalue weighted by Crippen LogP contribution is 2.27. The van der Waals surface area contributed by atoms with Crippen LogP contribution in [-0.4, -0.2) is 25.1 Å². The van der Waals surface area contributed by atoms with Gasteiger partial charge in [0.05, 0.1) is 19.3 Å². The van der Waals surface area contributed by atoms with Crippen LogP contribution in [0.3, 0.4) is 0 Å². The molecule has 0 N–H and O–H groups in total. The Kier molecular flexibility index (Phi) is 4.02. The lowest BCUT2D eigenvalue weighted by Gasteiger charge is -2.33. The number of Topliss-reactive ketones (excluding diaryl/α,β-unsaturated/α-hetero) is 1. The highest BCUT2D eigenvalue weighted by Gasteiger charge is 2.31. The van der Waals surface area contributed by atoms with E-state index in [0.29, 0.717) is 25.2 Å². The molecule has 0 saturated carbocycles. The number of ether oxygens (including phenoxy) is 2. The zero-order valence-corrected chi connectivity index (χ0v) is 11.1. The molecule has 0 aliphatic carbocycles. The molecule has 0 aromatic heterocycles. The monoisotopic (exact) mass is 248 g/mol. The van der Waals surface area contributed by atoms with Crippen LogP contribution in [0.1, 0.15) is 31.7 Å². The summed E-state index contributed by atoms with van der Waals surface area (Å²) in [6.45, 7) is 2.60. The predicted molar refractivity (Wildman–Crippen MR) is 69.9 cm³/mol. The first kappa shape index (κ1) is 13.1. The number of rotatable bonds is 4. The van der Waals surface area contributed by atoms with Crippen LogP contribution in [0.15, 0.2) is 24.3 Å². The third kappa shape index (κ3) is 3.33. The predicted octanol–water partition coefficient (Wildman–Crippen LogP) is 2.77. The van der Waals surface area contributed by atoms with E-state index in [0.717, 1.165) is 18.6 Å². The van der Waals surface area contributed by atoms with Crippen molar-refractivity contribution in [3.8, 4) is 5.75 Å². The van der Waals surface area contributed by atoms with Gasteiger partial charge in [-0.1, -0.05) is 12.1 Å². The first-order valence-corrected chi connectivity index (χ1v) is 6.40. The normalized spacial score (nSPS) is 24.0. The quantitative estimate of drug-likeness (QED) is 0.822. The number of benzene rings is 1. The molecule has 0 bridgehead atoms. The number of carbonyl (C=O) groups excluding carboxylic acids is 1. The lowest BCUT2D eigenvalue weighted by atomic mass is 9.89. The molecule has 0 spiro atoms. The van der Waals surface area contributed by atoms with E-state index < -0.39 is 0 Å². The highest BCUT2D eigenvalue weighted by atomic mass is 16.5. The van der Waals surface area contributed by atoms with Crippen molar-refractivity contribution >= 4 is 5.78 Å². The SMILES string of the molecule is COc1ccc(CCC2(C)CC(=O)CCO2)cc1. The van der Waals surface area contributed by atoms with E-state index in [2.05, 4.69) is 12.1 Å². The minimum absolute atomic E-state index is 0.282. The van der Waals surface area contributed by atoms with Gasteiger partial charge < -0.3 is 9.47 Å². The topological polar surface area (TPSA) is 35.5 Å². The van der Waals surface area contributed by atoms with Gasteiger partial charge in [-0.25, -0.2) is 0 Å². The Morgan fingerprint density at radius 2 is 2.06 bits per heavy atom. The standard InChI is InChI=1S/C15H20O3/c1-15(11-13(16)8-10-18-15)9-7-12-3-5-14(17-2)6-4-12/h3-6H,7-11H2,1-2H3. The Labute approximate surface area is 108 Å². The number of methoxy groups -OCH3 is 1. The number of ketones is 1. The van der Waals surface area contributed by atoms with Crippen LogP contribution < -0.4 is 4.74 Å². The largest absolute Gasteiger partial charge is 0.497 e.